The first kappa shape index (κ1) is 8.33. The largest absolute Gasteiger partial charge is 0.495 e. The van der Waals surface area contributed by atoms with E-state index in [0.29, 0.717) is 0 Å². The van der Waals surface area contributed by atoms with E-state index in [9.17, 15) is 13.2 Å². The van der Waals surface area contributed by atoms with Crippen molar-refractivity contribution in [3.05, 3.63) is 12.8 Å². The van der Waals surface area contributed by atoms with Crippen LogP contribution < -0.4 is 0 Å². The summed E-state index contributed by atoms with van der Waals surface area (Å²) in [6, 6.07) is 0. The lowest BCUT2D eigenvalue weighted by atomic mass is 10.4. The van der Waals surface area contributed by atoms with Gasteiger partial charge in [0, 0.05) is 0 Å². The Labute approximate surface area is 51.1 Å². The molecule has 0 unspecified atom stereocenters. The van der Waals surface area contributed by atoms with Crippen LogP contribution in [0.15, 0.2) is 12.8 Å². The molecule has 0 atom stereocenters. The zero-order valence-electron chi connectivity index (χ0n) is 4.74. The fourth-order valence-corrected chi connectivity index (χ4v) is 0.219. The molecule has 54 valence electrons. The fraction of sp³-hybridized carbons (Fsp3) is 0.600. The van der Waals surface area contributed by atoms with Crippen molar-refractivity contribution in [2.75, 3.05) is 13.3 Å². The minimum absolute atomic E-state index is 0.851. The van der Waals surface area contributed by atoms with Crippen LogP contribution >= 0.6 is 0 Å². The molecule has 1 nitrogen and oxygen atoms in total. The van der Waals surface area contributed by atoms with Gasteiger partial charge in [0.15, 0.2) is 13.3 Å². The quantitative estimate of drug-likeness (QED) is 0.540. The highest BCUT2D eigenvalue weighted by Gasteiger charge is 2.29. The molecule has 0 rings (SSSR count). The zero-order chi connectivity index (χ0) is 7.33. The molecule has 0 aromatic rings. The third kappa shape index (κ3) is 3.88. The van der Waals surface area contributed by atoms with E-state index in [1.54, 1.807) is 0 Å². The number of hydrogen-bond acceptors (Lipinski definition) is 1. The van der Waals surface area contributed by atoms with Gasteiger partial charge in [-0.3, -0.25) is 0 Å². The van der Waals surface area contributed by atoms with Gasteiger partial charge in [0.05, 0.1) is 6.26 Å². The highest BCUT2D eigenvalue weighted by molar-refractivity contribution is 4.64. The van der Waals surface area contributed by atoms with Crippen LogP contribution in [0.25, 0.3) is 0 Å². The first-order chi connectivity index (χ1) is 4.12. The smallest absolute Gasteiger partial charge is 0.309 e. The number of rotatable bonds is 4. The zero-order valence-corrected chi connectivity index (χ0v) is 4.74. The molecule has 0 aromatic carbocycles. The van der Waals surface area contributed by atoms with Crippen LogP contribution in [0, 0.1) is 0 Å². The average Bonchev–Trinajstić information content (AvgIpc) is 1.84. The van der Waals surface area contributed by atoms with E-state index < -0.39 is 19.2 Å². The van der Waals surface area contributed by atoms with Crippen LogP contribution in [-0.2, 0) is 4.74 Å². The summed E-state index contributed by atoms with van der Waals surface area (Å²) in [5.74, 6) is -3.37. The number of ether oxygens (including phenoxy) is 1. The van der Waals surface area contributed by atoms with Gasteiger partial charge in [0.25, 0.3) is 0 Å². The summed E-state index contributed by atoms with van der Waals surface area (Å²) in [5, 5.41) is 0. The molecule has 0 amide bonds. The maximum Gasteiger partial charge on any atom is 0.309 e. The number of alkyl halides is 3. The van der Waals surface area contributed by atoms with Crippen molar-refractivity contribution in [1.82, 2.24) is 0 Å². The van der Waals surface area contributed by atoms with Crippen LogP contribution in [0.2, 0.25) is 0 Å². The summed E-state index contributed by atoms with van der Waals surface area (Å²) < 4.78 is 38.9. The van der Waals surface area contributed by atoms with Crippen LogP contribution in [0.4, 0.5) is 13.2 Å². The highest BCUT2D eigenvalue weighted by Crippen LogP contribution is 2.13. The highest BCUT2D eigenvalue weighted by atomic mass is 19.3. The second-order valence-corrected chi connectivity index (χ2v) is 1.47. The van der Waals surface area contributed by atoms with Crippen molar-refractivity contribution >= 4 is 0 Å². The molecule has 0 radical (unpaired) electrons. The lowest BCUT2D eigenvalue weighted by Gasteiger charge is -2.09. The molecule has 0 saturated carbocycles. The molecule has 0 N–H and O–H groups in total. The second kappa shape index (κ2) is 3.37. The van der Waals surface area contributed by atoms with E-state index in [-0.39, 0.29) is 0 Å². The molecule has 0 heterocycles. The summed E-state index contributed by atoms with van der Waals surface area (Å²) >= 11 is 0. The Morgan fingerprint density at radius 2 is 2.11 bits per heavy atom. The molecule has 0 spiro atoms. The monoisotopic (exact) mass is 140 g/mol. The van der Waals surface area contributed by atoms with Crippen molar-refractivity contribution in [3.63, 3.8) is 0 Å². The average molecular weight is 140 g/mol. The molecule has 0 fully saturated rings. The topological polar surface area (TPSA) is 9.23 Å². The first-order valence-corrected chi connectivity index (χ1v) is 2.28. The predicted molar refractivity (Wildman–Crippen MR) is 27.1 cm³/mol. The molecule has 0 saturated heterocycles. The van der Waals surface area contributed by atoms with E-state index in [4.69, 9.17) is 0 Å². The molecule has 0 aliphatic heterocycles. The third-order valence-corrected chi connectivity index (χ3v) is 0.608. The Hall–Kier alpha value is -0.670. The fourth-order valence-electron chi connectivity index (χ4n) is 0.219. The maximum atomic E-state index is 11.8. The SMILES string of the molecule is C=COCC(F)(F)CF. The Bertz CT molecular complexity index is 92.2. The minimum atomic E-state index is -3.37. The minimum Gasteiger partial charge on any atom is -0.495 e. The van der Waals surface area contributed by atoms with Gasteiger partial charge in [-0.1, -0.05) is 6.58 Å². The van der Waals surface area contributed by atoms with E-state index in [1.165, 1.54) is 0 Å². The van der Waals surface area contributed by atoms with Crippen molar-refractivity contribution in [2.24, 2.45) is 0 Å². The molecular formula is C5H7F3O. The Balaban J connectivity index is 3.44. The first-order valence-electron chi connectivity index (χ1n) is 2.28. The molecule has 0 aromatic heterocycles. The van der Waals surface area contributed by atoms with Crippen molar-refractivity contribution in [1.29, 1.82) is 0 Å². The molecular weight excluding hydrogens is 133 g/mol. The molecule has 0 aliphatic carbocycles. The summed E-state index contributed by atoms with van der Waals surface area (Å²) in [5.41, 5.74) is 0. The van der Waals surface area contributed by atoms with Crippen LogP contribution in [-0.4, -0.2) is 19.2 Å². The van der Waals surface area contributed by atoms with Gasteiger partial charge < -0.3 is 4.74 Å². The van der Waals surface area contributed by atoms with Gasteiger partial charge >= 0.3 is 5.92 Å². The Kier molecular flexibility index (Phi) is 3.12. The van der Waals surface area contributed by atoms with E-state index in [1.807, 2.05) is 0 Å². The van der Waals surface area contributed by atoms with Gasteiger partial charge in [0.2, 0.25) is 0 Å². The Morgan fingerprint density at radius 3 is 2.44 bits per heavy atom. The van der Waals surface area contributed by atoms with Gasteiger partial charge in [-0.05, 0) is 0 Å². The summed E-state index contributed by atoms with van der Waals surface area (Å²) in [6.07, 6.45) is 0.851. The van der Waals surface area contributed by atoms with E-state index >= 15 is 0 Å². The predicted octanol–water partition coefficient (Wildman–Crippen LogP) is 1.75. The normalized spacial score (nSPS) is 11.0. The van der Waals surface area contributed by atoms with Gasteiger partial charge in [-0.2, -0.15) is 8.78 Å². The molecule has 0 bridgehead atoms. The second-order valence-electron chi connectivity index (χ2n) is 1.47. The summed E-state index contributed by atoms with van der Waals surface area (Å²) in [7, 11) is 0. The molecule has 4 heteroatoms. The van der Waals surface area contributed by atoms with Crippen molar-refractivity contribution in [3.8, 4) is 0 Å². The van der Waals surface area contributed by atoms with Crippen molar-refractivity contribution in [2.45, 2.75) is 5.92 Å². The molecule has 0 aliphatic rings. The standard InChI is InChI=1S/C5H7F3O/c1-2-9-4-5(7,8)3-6/h2H,1,3-4H2. The van der Waals surface area contributed by atoms with Crippen LogP contribution in [0.3, 0.4) is 0 Å². The van der Waals surface area contributed by atoms with Crippen LogP contribution in [0.5, 0.6) is 0 Å². The summed E-state index contributed by atoms with van der Waals surface area (Å²) in [4.78, 5) is 0. The Morgan fingerprint density at radius 1 is 1.56 bits per heavy atom. The van der Waals surface area contributed by atoms with E-state index in [2.05, 4.69) is 11.3 Å². The summed E-state index contributed by atoms with van der Waals surface area (Å²) in [6.45, 7) is 0.389. The number of halogens is 3. The molecule has 9 heavy (non-hydrogen) atoms. The van der Waals surface area contributed by atoms with E-state index in [0.717, 1.165) is 6.26 Å². The third-order valence-electron chi connectivity index (χ3n) is 0.608. The number of hydrogen-bond donors (Lipinski definition) is 0. The van der Waals surface area contributed by atoms with Gasteiger partial charge in [-0.15, -0.1) is 0 Å². The van der Waals surface area contributed by atoms with Gasteiger partial charge in [-0.25, -0.2) is 4.39 Å². The van der Waals surface area contributed by atoms with Crippen molar-refractivity contribution < 1.29 is 17.9 Å². The van der Waals surface area contributed by atoms with Crippen LogP contribution in [0.1, 0.15) is 0 Å². The van der Waals surface area contributed by atoms with Gasteiger partial charge in [0.1, 0.15) is 0 Å². The maximum absolute atomic E-state index is 11.8. The lowest BCUT2D eigenvalue weighted by molar-refractivity contribution is -0.0698. The lowest BCUT2D eigenvalue weighted by Crippen LogP contribution is -2.24.